The minimum absolute atomic E-state index is 0.146. The van der Waals surface area contributed by atoms with Gasteiger partial charge in [0.15, 0.2) is 0 Å². The molecule has 2 aromatic heterocycles. The first-order valence-corrected chi connectivity index (χ1v) is 14.0. The monoisotopic (exact) mass is 581 g/mol. The highest BCUT2D eigenvalue weighted by atomic mass is 79.9. The highest BCUT2D eigenvalue weighted by Crippen LogP contribution is 2.26. The summed E-state index contributed by atoms with van der Waals surface area (Å²) in [7, 11) is 0. The van der Waals surface area contributed by atoms with Crippen LogP contribution in [0.1, 0.15) is 36.5 Å². The van der Waals surface area contributed by atoms with Crippen LogP contribution < -0.4 is 4.74 Å². The third-order valence-corrected chi connectivity index (χ3v) is 7.86. The molecule has 7 nitrogen and oxygen atoms in total. The zero-order valence-corrected chi connectivity index (χ0v) is 22.9. The van der Waals surface area contributed by atoms with E-state index in [0.29, 0.717) is 12.3 Å². The Balaban J connectivity index is 1.07. The van der Waals surface area contributed by atoms with Crippen LogP contribution in [0.2, 0.25) is 5.02 Å². The van der Waals surface area contributed by atoms with E-state index in [4.69, 9.17) is 26.1 Å². The van der Waals surface area contributed by atoms with Crippen molar-refractivity contribution in [3.8, 4) is 5.88 Å². The Morgan fingerprint density at radius 3 is 2.59 bits per heavy atom. The van der Waals surface area contributed by atoms with Gasteiger partial charge in [0.1, 0.15) is 17.8 Å². The summed E-state index contributed by atoms with van der Waals surface area (Å²) in [6.45, 7) is 4.46. The van der Waals surface area contributed by atoms with Gasteiger partial charge in [-0.15, -0.1) is 0 Å². The molecule has 0 bridgehead atoms. The number of hydrogen-bond acceptors (Lipinski definition) is 6. The van der Waals surface area contributed by atoms with Crippen LogP contribution in [0.4, 0.5) is 0 Å². The third kappa shape index (κ3) is 5.98. The van der Waals surface area contributed by atoms with Crippen LogP contribution in [0, 0.1) is 0 Å². The molecule has 2 aliphatic heterocycles. The predicted octanol–water partition coefficient (Wildman–Crippen LogP) is 5.67. The Morgan fingerprint density at radius 2 is 1.84 bits per heavy atom. The van der Waals surface area contributed by atoms with Crippen molar-refractivity contribution in [2.24, 2.45) is 0 Å². The SMILES string of the molecule is Clc1ccc(Cc2nccc(OC3CCN(Cc4nc5cc(Br)ccc5n4CC4CCO4)CC3)n2)cc1. The summed E-state index contributed by atoms with van der Waals surface area (Å²) < 4.78 is 15.4. The molecule has 37 heavy (non-hydrogen) atoms. The number of rotatable bonds is 8. The second kappa shape index (κ2) is 11.1. The first kappa shape index (κ1) is 24.8. The third-order valence-electron chi connectivity index (χ3n) is 7.11. The fourth-order valence-corrected chi connectivity index (χ4v) is 5.46. The van der Waals surface area contributed by atoms with Gasteiger partial charge in [-0.1, -0.05) is 39.7 Å². The first-order valence-electron chi connectivity index (χ1n) is 12.8. The Morgan fingerprint density at radius 1 is 1.03 bits per heavy atom. The van der Waals surface area contributed by atoms with E-state index >= 15 is 0 Å². The van der Waals surface area contributed by atoms with Gasteiger partial charge < -0.3 is 14.0 Å². The lowest BCUT2D eigenvalue weighted by atomic mass is 10.1. The molecule has 0 N–H and O–H groups in total. The topological polar surface area (TPSA) is 65.3 Å². The van der Waals surface area contributed by atoms with Crippen LogP contribution in [0.25, 0.3) is 11.0 Å². The molecule has 2 aliphatic rings. The largest absolute Gasteiger partial charge is 0.474 e. The number of piperidine rings is 1. The number of ether oxygens (including phenoxy) is 2. The van der Waals surface area contributed by atoms with Crippen molar-refractivity contribution in [2.75, 3.05) is 19.7 Å². The highest BCUT2D eigenvalue weighted by molar-refractivity contribution is 9.10. The van der Waals surface area contributed by atoms with Crippen LogP contribution in [-0.4, -0.2) is 56.3 Å². The summed E-state index contributed by atoms with van der Waals surface area (Å²) in [4.78, 5) is 16.5. The van der Waals surface area contributed by atoms with E-state index < -0.39 is 0 Å². The van der Waals surface area contributed by atoms with Crippen molar-refractivity contribution in [2.45, 2.75) is 51.0 Å². The van der Waals surface area contributed by atoms with E-state index in [9.17, 15) is 0 Å². The fourth-order valence-electron chi connectivity index (χ4n) is 4.98. The van der Waals surface area contributed by atoms with E-state index in [1.54, 1.807) is 6.20 Å². The zero-order chi connectivity index (χ0) is 25.2. The Hall–Kier alpha value is -2.52. The average Bonchev–Trinajstić information content (AvgIpc) is 3.20. The van der Waals surface area contributed by atoms with Crippen molar-refractivity contribution in [1.82, 2.24) is 24.4 Å². The number of imidazole rings is 1. The number of hydrogen-bond donors (Lipinski definition) is 0. The summed E-state index contributed by atoms with van der Waals surface area (Å²) >= 11 is 9.58. The lowest BCUT2D eigenvalue weighted by Crippen LogP contribution is -2.39. The lowest BCUT2D eigenvalue weighted by molar-refractivity contribution is -0.0592. The normalized spacial score (nSPS) is 18.7. The molecule has 4 heterocycles. The van der Waals surface area contributed by atoms with Gasteiger partial charge in [0.25, 0.3) is 0 Å². The molecular weight excluding hydrogens is 554 g/mol. The second-order valence-corrected chi connectivity index (χ2v) is 11.1. The smallest absolute Gasteiger partial charge is 0.216 e. The summed E-state index contributed by atoms with van der Waals surface area (Å²) in [5.41, 5.74) is 3.32. The van der Waals surface area contributed by atoms with E-state index in [0.717, 1.165) is 84.3 Å². The maximum atomic E-state index is 6.27. The van der Waals surface area contributed by atoms with Crippen molar-refractivity contribution >= 4 is 38.6 Å². The molecule has 2 saturated heterocycles. The average molecular weight is 583 g/mol. The molecular formula is C28H29BrClN5O2. The van der Waals surface area contributed by atoms with Gasteiger partial charge in [-0.25, -0.2) is 9.97 Å². The number of aromatic nitrogens is 4. The molecule has 0 spiro atoms. The van der Waals surface area contributed by atoms with Crippen molar-refractivity contribution in [1.29, 1.82) is 0 Å². The minimum atomic E-state index is 0.146. The van der Waals surface area contributed by atoms with Crippen LogP contribution in [0.5, 0.6) is 5.88 Å². The van der Waals surface area contributed by atoms with E-state index in [-0.39, 0.29) is 12.2 Å². The maximum absolute atomic E-state index is 6.27. The predicted molar refractivity (Wildman–Crippen MR) is 147 cm³/mol. The van der Waals surface area contributed by atoms with Gasteiger partial charge in [-0.2, -0.15) is 4.98 Å². The number of nitrogens with zero attached hydrogens (tertiary/aromatic N) is 5. The molecule has 192 valence electrons. The number of halogens is 2. The molecule has 9 heteroatoms. The van der Waals surface area contributed by atoms with Gasteiger partial charge in [-0.3, -0.25) is 4.90 Å². The standard InChI is InChI=1S/C28H29BrClN5O2/c29-20-3-6-25-24(16-20)32-27(35(25)17-23-10-14-36-23)18-34-12-8-22(9-13-34)37-28-7-11-31-26(33-28)15-19-1-4-21(30)5-2-19/h1-7,11,16,22-23H,8-10,12-15,17-18H2. The van der Waals surface area contributed by atoms with E-state index in [2.05, 4.69) is 53.6 Å². The second-order valence-electron chi connectivity index (χ2n) is 9.76. The van der Waals surface area contributed by atoms with Gasteiger partial charge in [0, 0.05) is 47.9 Å². The fraction of sp³-hybridized carbons (Fsp3) is 0.393. The van der Waals surface area contributed by atoms with Crippen molar-refractivity contribution in [3.05, 3.63) is 81.4 Å². The maximum Gasteiger partial charge on any atom is 0.216 e. The number of fused-ring (bicyclic) bond motifs is 1. The van der Waals surface area contributed by atoms with E-state index in [1.807, 2.05) is 30.3 Å². The summed E-state index contributed by atoms with van der Waals surface area (Å²) in [6.07, 6.45) is 5.88. The molecule has 0 saturated carbocycles. The Kier molecular flexibility index (Phi) is 7.42. The van der Waals surface area contributed by atoms with Gasteiger partial charge in [0.05, 0.1) is 30.2 Å². The highest BCUT2D eigenvalue weighted by Gasteiger charge is 2.25. The molecule has 0 amide bonds. The summed E-state index contributed by atoms with van der Waals surface area (Å²) in [6, 6.07) is 16.0. The van der Waals surface area contributed by atoms with Gasteiger partial charge in [-0.05, 0) is 55.2 Å². The quantitative estimate of drug-likeness (QED) is 0.267. The van der Waals surface area contributed by atoms with Crippen molar-refractivity contribution in [3.63, 3.8) is 0 Å². The Bertz CT molecular complexity index is 1370. The number of likely N-dealkylation sites (tertiary alicyclic amines) is 1. The molecule has 6 rings (SSSR count). The van der Waals surface area contributed by atoms with Gasteiger partial charge >= 0.3 is 0 Å². The molecule has 0 radical (unpaired) electrons. The molecule has 4 aromatic rings. The summed E-state index contributed by atoms with van der Waals surface area (Å²) in [5, 5.41) is 0.728. The molecule has 1 atom stereocenters. The van der Waals surface area contributed by atoms with Crippen molar-refractivity contribution < 1.29 is 9.47 Å². The zero-order valence-electron chi connectivity index (χ0n) is 20.5. The first-order chi connectivity index (χ1) is 18.1. The lowest BCUT2D eigenvalue weighted by Gasteiger charge is -2.32. The van der Waals surface area contributed by atoms with Crippen LogP contribution in [-0.2, 0) is 24.2 Å². The minimum Gasteiger partial charge on any atom is -0.474 e. The van der Waals surface area contributed by atoms with Crippen LogP contribution >= 0.6 is 27.5 Å². The Labute approximate surface area is 229 Å². The molecule has 2 aromatic carbocycles. The van der Waals surface area contributed by atoms with Crippen LogP contribution in [0.15, 0.2) is 59.2 Å². The van der Waals surface area contributed by atoms with Gasteiger partial charge in [0.2, 0.25) is 5.88 Å². The molecule has 0 aliphatic carbocycles. The van der Waals surface area contributed by atoms with E-state index in [1.165, 1.54) is 5.52 Å². The van der Waals surface area contributed by atoms with Crippen LogP contribution in [0.3, 0.4) is 0 Å². The molecule has 1 unspecified atom stereocenters. The molecule has 2 fully saturated rings. The number of benzene rings is 2. The summed E-state index contributed by atoms with van der Waals surface area (Å²) in [5.74, 6) is 2.49.